The molecule has 20 heavy (non-hydrogen) atoms. The molecular formula is C11H11FN4O2S2. The average molecular weight is 314 g/mol. The summed E-state index contributed by atoms with van der Waals surface area (Å²) in [5, 5.41) is 3.48. The van der Waals surface area contributed by atoms with Gasteiger partial charge in [0, 0.05) is 30.6 Å². The maximum Gasteiger partial charge on any atom is 0.265 e. The minimum Gasteiger partial charge on any atom is -0.311 e. The van der Waals surface area contributed by atoms with Crippen molar-refractivity contribution in [3.63, 3.8) is 0 Å². The molecule has 6 nitrogen and oxygen atoms in total. The van der Waals surface area contributed by atoms with Crippen LogP contribution in [0.15, 0.2) is 23.4 Å². The third-order valence-electron chi connectivity index (χ3n) is 2.81. The largest absolute Gasteiger partial charge is 0.311 e. The van der Waals surface area contributed by atoms with Crippen molar-refractivity contribution in [2.45, 2.75) is 17.9 Å². The van der Waals surface area contributed by atoms with Gasteiger partial charge in [0.2, 0.25) is 0 Å². The van der Waals surface area contributed by atoms with E-state index in [2.05, 4.69) is 20.0 Å². The second kappa shape index (κ2) is 5.08. The lowest BCUT2D eigenvalue weighted by atomic mass is 10.2. The number of sulfonamides is 1. The van der Waals surface area contributed by atoms with Gasteiger partial charge in [-0.3, -0.25) is 9.71 Å². The minimum atomic E-state index is -3.86. The Morgan fingerprint density at radius 2 is 2.25 bits per heavy atom. The van der Waals surface area contributed by atoms with Crippen LogP contribution in [0.4, 0.5) is 9.52 Å². The quantitative estimate of drug-likeness (QED) is 0.887. The van der Waals surface area contributed by atoms with Gasteiger partial charge in [0.1, 0.15) is 10.7 Å². The second-order valence-electron chi connectivity index (χ2n) is 4.26. The first kappa shape index (κ1) is 13.4. The lowest BCUT2D eigenvalue weighted by molar-refractivity contribution is 0.592. The first-order chi connectivity index (χ1) is 9.54. The molecule has 0 radical (unpaired) electrons. The fourth-order valence-electron chi connectivity index (χ4n) is 1.88. The van der Waals surface area contributed by atoms with Crippen molar-refractivity contribution in [1.29, 1.82) is 0 Å². The molecule has 0 aliphatic carbocycles. The summed E-state index contributed by atoms with van der Waals surface area (Å²) < 4.78 is 39.6. The molecule has 0 atom stereocenters. The molecule has 2 aromatic rings. The summed E-state index contributed by atoms with van der Waals surface area (Å²) in [6.07, 6.45) is 2.82. The zero-order valence-corrected chi connectivity index (χ0v) is 11.9. The molecule has 3 heterocycles. The van der Waals surface area contributed by atoms with E-state index in [1.807, 2.05) is 0 Å². The van der Waals surface area contributed by atoms with Crippen LogP contribution in [0.3, 0.4) is 0 Å². The van der Waals surface area contributed by atoms with Gasteiger partial charge < -0.3 is 5.32 Å². The summed E-state index contributed by atoms with van der Waals surface area (Å²) in [4.78, 5) is 8.60. The Hall–Kier alpha value is -1.58. The van der Waals surface area contributed by atoms with Crippen LogP contribution in [0, 0.1) is 5.82 Å². The summed E-state index contributed by atoms with van der Waals surface area (Å²) in [6.45, 7) is 1.52. The Morgan fingerprint density at radius 3 is 3.00 bits per heavy atom. The number of fused-ring (bicyclic) bond motifs is 1. The first-order valence-electron chi connectivity index (χ1n) is 5.87. The van der Waals surface area contributed by atoms with Gasteiger partial charge in [-0.05, 0) is 6.07 Å². The van der Waals surface area contributed by atoms with Crippen molar-refractivity contribution < 1.29 is 12.8 Å². The lowest BCUT2D eigenvalue weighted by Gasteiger charge is -2.09. The Labute approximate surface area is 119 Å². The van der Waals surface area contributed by atoms with E-state index in [1.54, 1.807) is 0 Å². The highest BCUT2D eigenvalue weighted by molar-refractivity contribution is 7.93. The van der Waals surface area contributed by atoms with Gasteiger partial charge in [-0.25, -0.2) is 17.8 Å². The number of nitrogens with zero attached hydrogens (tertiary/aromatic N) is 2. The molecule has 106 valence electrons. The van der Waals surface area contributed by atoms with E-state index >= 15 is 0 Å². The van der Waals surface area contributed by atoms with Crippen LogP contribution in [-0.2, 0) is 23.0 Å². The molecule has 0 aromatic carbocycles. The number of aromatic nitrogens is 2. The van der Waals surface area contributed by atoms with Gasteiger partial charge in [-0.15, -0.1) is 0 Å². The molecule has 0 unspecified atom stereocenters. The number of halogens is 1. The van der Waals surface area contributed by atoms with Crippen LogP contribution in [-0.4, -0.2) is 24.9 Å². The van der Waals surface area contributed by atoms with Crippen molar-refractivity contribution in [1.82, 2.24) is 15.3 Å². The highest BCUT2D eigenvalue weighted by Crippen LogP contribution is 2.27. The van der Waals surface area contributed by atoms with Crippen molar-refractivity contribution in [2.24, 2.45) is 0 Å². The fourth-order valence-corrected chi connectivity index (χ4v) is 4.07. The molecule has 1 aliphatic rings. The van der Waals surface area contributed by atoms with Gasteiger partial charge in [0.25, 0.3) is 10.0 Å². The number of hydrogen-bond acceptors (Lipinski definition) is 6. The molecule has 0 saturated carbocycles. The summed E-state index contributed by atoms with van der Waals surface area (Å²) in [5.74, 6) is -0.699. The molecule has 0 saturated heterocycles. The molecule has 0 bridgehead atoms. The molecule has 3 rings (SSSR count). The van der Waals surface area contributed by atoms with E-state index < -0.39 is 15.8 Å². The third-order valence-corrected chi connectivity index (χ3v) is 5.26. The van der Waals surface area contributed by atoms with Crippen LogP contribution >= 0.6 is 11.3 Å². The Kier molecular flexibility index (Phi) is 3.40. The SMILES string of the molecule is O=S(=O)(Nc1nc2c(s1)CNCC2)c1cncc(F)c1. The predicted molar refractivity (Wildman–Crippen MR) is 72.5 cm³/mol. The van der Waals surface area contributed by atoms with Gasteiger partial charge in [-0.2, -0.15) is 0 Å². The van der Waals surface area contributed by atoms with E-state index in [9.17, 15) is 12.8 Å². The summed E-state index contributed by atoms with van der Waals surface area (Å²) in [5.41, 5.74) is 0.906. The van der Waals surface area contributed by atoms with Gasteiger partial charge in [0.15, 0.2) is 5.13 Å². The molecular weight excluding hydrogens is 303 g/mol. The van der Waals surface area contributed by atoms with Crippen molar-refractivity contribution in [3.05, 3.63) is 34.8 Å². The standard InChI is InChI=1S/C11H11FN4O2S2/c12-7-3-8(5-14-4-7)20(17,18)16-11-15-9-1-2-13-6-10(9)19-11/h3-5,13H,1-2,6H2,(H,15,16). The van der Waals surface area contributed by atoms with Crippen LogP contribution in [0.2, 0.25) is 0 Å². The number of anilines is 1. The van der Waals surface area contributed by atoms with Crippen LogP contribution in [0.25, 0.3) is 0 Å². The third kappa shape index (κ3) is 2.65. The lowest BCUT2D eigenvalue weighted by Crippen LogP contribution is -2.22. The minimum absolute atomic E-state index is 0.219. The number of rotatable bonds is 3. The molecule has 0 amide bonds. The van der Waals surface area contributed by atoms with E-state index in [0.29, 0.717) is 11.7 Å². The summed E-state index contributed by atoms with van der Waals surface area (Å²) in [6, 6.07) is 0.921. The maximum absolute atomic E-state index is 13.0. The average Bonchev–Trinajstić information content (AvgIpc) is 2.80. The maximum atomic E-state index is 13.0. The van der Waals surface area contributed by atoms with E-state index in [-0.39, 0.29) is 4.90 Å². The summed E-state index contributed by atoms with van der Waals surface area (Å²) >= 11 is 1.28. The highest BCUT2D eigenvalue weighted by atomic mass is 32.2. The van der Waals surface area contributed by atoms with E-state index in [1.165, 1.54) is 11.3 Å². The van der Waals surface area contributed by atoms with Crippen molar-refractivity contribution in [3.8, 4) is 0 Å². The van der Waals surface area contributed by atoms with Crippen LogP contribution in [0.1, 0.15) is 10.6 Å². The predicted octanol–water partition coefficient (Wildman–Crippen LogP) is 1.12. The Morgan fingerprint density at radius 1 is 1.40 bits per heavy atom. The van der Waals surface area contributed by atoms with E-state index in [0.717, 1.165) is 42.0 Å². The normalized spacial score (nSPS) is 14.8. The fraction of sp³-hybridized carbons (Fsp3) is 0.273. The first-order valence-corrected chi connectivity index (χ1v) is 8.17. The number of thiazole rings is 1. The van der Waals surface area contributed by atoms with Gasteiger partial charge in [0.05, 0.1) is 11.9 Å². The smallest absolute Gasteiger partial charge is 0.265 e. The van der Waals surface area contributed by atoms with Crippen LogP contribution in [0.5, 0.6) is 0 Å². The van der Waals surface area contributed by atoms with Crippen LogP contribution < -0.4 is 10.0 Å². The Balaban J connectivity index is 1.88. The molecule has 1 aliphatic heterocycles. The molecule has 2 aromatic heterocycles. The van der Waals surface area contributed by atoms with Gasteiger partial charge in [-0.1, -0.05) is 11.3 Å². The second-order valence-corrected chi connectivity index (χ2v) is 7.03. The monoisotopic (exact) mass is 314 g/mol. The zero-order chi connectivity index (χ0) is 14.2. The topological polar surface area (TPSA) is 84.0 Å². The number of pyridine rings is 1. The van der Waals surface area contributed by atoms with Crippen molar-refractivity contribution >= 4 is 26.5 Å². The molecule has 2 N–H and O–H groups in total. The molecule has 0 fully saturated rings. The van der Waals surface area contributed by atoms with Crippen molar-refractivity contribution in [2.75, 3.05) is 11.3 Å². The Bertz CT molecular complexity index is 721. The van der Waals surface area contributed by atoms with Gasteiger partial charge >= 0.3 is 0 Å². The molecule has 0 spiro atoms. The highest BCUT2D eigenvalue weighted by Gasteiger charge is 2.20. The number of nitrogens with one attached hydrogen (secondary N) is 2. The molecule has 9 heteroatoms. The summed E-state index contributed by atoms with van der Waals surface area (Å²) in [7, 11) is -3.86. The number of hydrogen-bond donors (Lipinski definition) is 2. The van der Waals surface area contributed by atoms with E-state index in [4.69, 9.17) is 0 Å². The zero-order valence-electron chi connectivity index (χ0n) is 10.3.